The number of benzene rings is 1. The van der Waals surface area contributed by atoms with Crippen molar-refractivity contribution in [2.75, 3.05) is 11.9 Å². The fraction of sp³-hybridized carbons (Fsp3) is 0.412. The summed E-state index contributed by atoms with van der Waals surface area (Å²) in [6.45, 7) is 4.47. The van der Waals surface area contributed by atoms with E-state index in [0.29, 0.717) is 18.7 Å². The van der Waals surface area contributed by atoms with Crippen molar-refractivity contribution >= 4 is 5.69 Å². The minimum atomic E-state index is -0.221. The first-order chi connectivity index (χ1) is 10.0. The van der Waals surface area contributed by atoms with Gasteiger partial charge in [0, 0.05) is 13.1 Å². The lowest BCUT2D eigenvalue weighted by Gasteiger charge is -2.23. The molecule has 1 atom stereocenters. The van der Waals surface area contributed by atoms with Gasteiger partial charge in [0.2, 0.25) is 0 Å². The van der Waals surface area contributed by atoms with Crippen molar-refractivity contribution in [1.82, 2.24) is 0 Å². The monoisotopic (exact) mass is 290 g/mol. The van der Waals surface area contributed by atoms with E-state index < -0.39 is 0 Å². The lowest BCUT2D eigenvalue weighted by atomic mass is 10.0. The van der Waals surface area contributed by atoms with Crippen LogP contribution >= 0.6 is 0 Å². The van der Waals surface area contributed by atoms with E-state index in [1.165, 1.54) is 6.07 Å². The number of furan rings is 1. The SMILES string of the molecule is CCC(N)Cc1cccc(F)c1N(C)Cc1ccc(C)o1. The number of anilines is 1. The Balaban J connectivity index is 2.24. The normalized spacial score (nSPS) is 12.4. The summed E-state index contributed by atoms with van der Waals surface area (Å²) in [5.74, 6) is 1.46. The van der Waals surface area contributed by atoms with Gasteiger partial charge in [-0.3, -0.25) is 0 Å². The molecular formula is C17H23FN2O. The summed E-state index contributed by atoms with van der Waals surface area (Å²) >= 11 is 0. The lowest BCUT2D eigenvalue weighted by molar-refractivity contribution is 0.480. The Morgan fingerprint density at radius 2 is 2.05 bits per heavy atom. The Bertz CT molecular complexity index is 594. The van der Waals surface area contributed by atoms with Gasteiger partial charge in [-0.15, -0.1) is 0 Å². The van der Waals surface area contributed by atoms with Crippen LogP contribution in [-0.2, 0) is 13.0 Å². The molecule has 1 heterocycles. The second-order valence-electron chi connectivity index (χ2n) is 5.49. The van der Waals surface area contributed by atoms with Gasteiger partial charge in [0.1, 0.15) is 17.3 Å². The third-order valence-corrected chi connectivity index (χ3v) is 3.65. The highest BCUT2D eigenvalue weighted by Crippen LogP contribution is 2.26. The van der Waals surface area contributed by atoms with Crippen LogP contribution in [0, 0.1) is 12.7 Å². The second kappa shape index (κ2) is 6.76. The molecule has 1 aromatic heterocycles. The van der Waals surface area contributed by atoms with Crippen LogP contribution in [0.5, 0.6) is 0 Å². The number of rotatable bonds is 6. The molecule has 2 N–H and O–H groups in total. The molecular weight excluding hydrogens is 267 g/mol. The summed E-state index contributed by atoms with van der Waals surface area (Å²) in [4.78, 5) is 1.88. The van der Waals surface area contributed by atoms with Crippen LogP contribution in [0.2, 0.25) is 0 Å². The number of nitrogens with zero attached hydrogens (tertiary/aromatic N) is 1. The number of nitrogens with two attached hydrogens (primary N) is 1. The molecule has 21 heavy (non-hydrogen) atoms. The van der Waals surface area contributed by atoms with E-state index in [1.54, 1.807) is 6.07 Å². The molecule has 0 aliphatic rings. The predicted molar refractivity (Wildman–Crippen MR) is 83.9 cm³/mol. The molecule has 0 aliphatic carbocycles. The van der Waals surface area contributed by atoms with Crippen LogP contribution in [-0.4, -0.2) is 13.1 Å². The minimum absolute atomic E-state index is 0.0461. The summed E-state index contributed by atoms with van der Waals surface area (Å²) < 4.78 is 19.8. The van der Waals surface area contributed by atoms with E-state index in [1.807, 2.05) is 44.0 Å². The van der Waals surface area contributed by atoms with Crippen molar-refractivity contribution in [1.29, 1.82) is 0 Å². The molecule has 0 spiro atoms. The Morgan fingerprint density at radius 1 is 1.29 bits per heavy atom. The van der Waals surface area contributed by atoms with E-state index in [4.69, 9.17) is 10.2 Å². The first-order valence-electron chi connectivity index (χ1n) is 7.30. The summed E-state index contributed by atoms with van der Waals surface area (Å²) in [6.07, 6.45) is 1.54. The van der Waals surface area contributed by atoms with Gasteiger partial charge in [0.15, 0.2) is 0 Å². The number of halogens is 1. The molecule has 2 aromatic rings. The zero-order valence-corrected chi connectivity index (χ0v) is 12.9. The average molecular weight is 290 g/mol. The zero-order valence-electron chi connectivity index (χ0n) is 12.9. The van der Waals surface area contributed by atoms with E-state index >= 15 is 0 Å². The van der Waals surface area contributed by atoms with Crippen LogP contribution in [0.25, 0.3) is 0 Å². The molecule has 1 unspecified atom stereocenters. The third kappa shape index (κ3) is 3.85. The van der Waals surface area contributed by atoms with Crippen LogP contribution in [0.3, 0.4) is 0 Å². The van der Waals surface area contributed by atoms with Gasteiger partial charge in [0.25, 0.3) is 0 Å². The van der Waals surface area contributed by atoms with E-state index in [9.17, 15) is 4.39 Å². The highest BCUT2D eigenvalue weighted by atomic mass is 19.1. The molecule has 4 heteroatoms. The quantitative estimate of drug-likeness (QED) is 0.883. The molecule has 0 amide bonds. The maximum absolute atomic E-state index is 14.2. The largest absolute Gasteiger partial charge is 0.464 e. The Labute approximate surface area is 125 Å². The molecule has 0 radical (unpaired) electrons. The third-order valence-electron chi connectivity index (χ3n) is 3.65. The molecule has 1 aromatic carbocycles. The number of para-hydroxylation sites is 1. The van der Waals surface area contributed by atoms with Crippen LogP contribution in [0.15, 0.2) is 34.7 Å². The van der Waals surface area contributed by atoms with Crippen molar-refractivity contribution in [2.45, 2.75) is 39.3 Å². The molecule has 2 rings (SSSR count). The fourth-order valence-corrected chi connectivity index (χ4v) is 2.46. The summed E-state index contributed by atoms with van der Waals surface area (Å²) in [5, 5.41) is 0. The summed E-state index contributed by atoms with van der Waals surface area (Å²) in [7, 11) is 1.87. The number of hydrogen-bond acceptors (Lipinski definition) is 3. The van der Waals surface area contributed by atoms with Crippen LogP contribution in [0.4, 0.5) is 10.1 Å². The Hall–Kier alpha value is -1.81. The minimum Gasteiger partial charge on any atom is -0.464 e. The highest BCUT2D eigenvalue weighted by molar-refractivity contribution is 5.54. The average Bonchev–Trinajstić information content (AvgIpc) is 2.83. The Kier molecular flexibility index (Phi) is 5.02. The van der Waals surface area contributed by atoms with Gasteiger partial charge in [-0.05, 0) is 43.5 Å². The van der Waals surface area contributed by atoms with Gasteiger partial charge >= 0.3 is 0 Å². The summed E-state index contributed by atoms with van der Waals surface area (Å²) in [5.41, 5.74) is 7.57. The van der Waals surface area contributed by atoms with Crippen molar-refractivity contribution in [3.8, 4) is 0 Å². The molecule has 114 valence electrons. The Morgan fingerprint density at radius 3 is 2.67 bits per heavy atom. The molecule has 0 saturated heterocycles. The van der Waals surface area contributed by atoms with Gasteiger partial charge in [-0.2, -0.15) is 0 Å². The zero-order chi connectivity index (χ0) is 15.4. The molecule has 0 aliphatic heterocycles. The van der Waals surface area contributed by atoms with Crippen molar-refractivity contribution in [3.63, 3.8) is 0 Å². The maximum Gasteiger partial charge on any atom is 0.146 e. The fourth-order valence-electron chi connectivity index (χ4n) is 2.46. The molecule has 3 nitrogen and oxygen atoms in total. The van der Waals surface area contributed by atoms with Gasteiger partial charge in [-0.1, -0.05) is 19.1 Å². The van der Waals surface area contributed by atoms with E-state index in [0.717, 1.165) is 23.5 Å². The van der Waals surface area contributed by atoms with E-state index in [2.05, 4.69) is 0 Å². The van der Waals surface area contributed by atoms with E-state index in [-0.39, 0.29) is 11.9 Å². The molecule has 0 saturated carbocycles. The van der Waals surface area contributed by atoms with Crippen molar-refractivity contribution in [2.24, 2.45) is 5.73 Å². The predicted octanol–water partition coefficient (Wildman–Crippen LogP) is 3.64. The molecule has 0 fully saturated rings. The smallest absolute Gasteiger partial charge is 0.146 e. The molecule has 0 bridgehead atoms. The standard InChI is InChI=1S/C17H23FN2O/c1-4-14(19)10-13-6-5-7-16(18)17(13)20(3)11-15-9-8-12(2)21-15/h5-9,14H,4,10-11,19H2,1-3H3. The second-order valence-corrected chi connectivity index (χ2v) is 5.49. The number of aryl methyl sites for hydroxylation is 1. The van der Waals surface area contributed by atoms with Gasteiger partial charge in [-0.25, -0.2) is 4.39 Å². The van der Waals surface area contributed by atoms with Gasteiger partial charge in [0.05, 0.1) is 12.2 Å². The topological polar surface area (TPSA) is 42.4 Å². The first-order valence-corrected chi connectivity index (χ1v) is 7.30. The first kappa shape index (κ1) is 15.6. The van der Waals surface area contributed by atoms with Crippen molar-refractivity contribution < 1.29 is 8.81 Å². The van der Waals surface area contributed by atoms with Crippen LogP contribution in [0.1, 0.15) is 30.4 Å². The highest BCUT2D eigenvalue weighted by Gasteiger charge is 2.16. The van der Waals surface area contributed by atoms with Crippen molar-refractivity contribution in [3.05, 3.63) is 53.2 Å². The van der Waals surface area contributed by atoms with Crippen LogP contribution < -0.4 is 10.6 Å². The summed E-state index contributed by atoms with van der Waals surface area (Å²) in [6, 6.07) is 9.05. The van der Waals surface area contributed by atoms with Gasteiger partial charge < -0.3 is 15.1 Å². The number of hydrogen-bond donors (Lipinski definition) is 1. The lowest BCUT2D eigenvalue weighted by Crippen LogP contribution is -2.25. The maximum atomic E-state index is 14.2.